The topological polar surface area (TPSA) is 87.8 Å². The molecule has 23 heavy (non-hydrogen) atoms. The standard InChI is InChI=1S/C17H18N4O2/c1-12(2)11-19-17(23)15(10-18)16(22)13-5-3-6-14(9-13)21-8-4-7-20-21/h3-9,12,15H,11H2,1-2H3,(H,19,23). The van der Waals surface area contributed by atoms with Crippen LogP contribution in [0.3, 0.4) is 0 Å². The highest BCUT2D eigenvalue weighted by molar-refractivity contribution is 6.12. The Morgan fingerprint density at radius 3 is 2.74 bits per heavy atom. The predicted octanol–water partition coefficient (Wildman–Crippen LogP) is 1.97. The number of nitrogens with zero attached hydrogens (tertiary/aromatic N) is 3. The molecule has 118 valence electrons. The monoisotopic (exact) mass is 310 g/mol. The minimum absolute atomic E-state index is 0.247. The third kappa shape index (κ3) is 4.04. The summed E-state index contributed by atoms with van der Waals surface area (Å²) in [6.45, 7) is 4.31. The number of carbonyl (C=O) groups is 2. The van der Waals surface area contributed by atoms with Crippen LogP contribution in [0, 0.1) is 23.2 Å². The molecule has 6 heteroatoms. The predicted molar refractivity (Wildman–Crippen MR) is 84.8 cm³/mol. The highest BCUT2D eigenvalue weighted by Crippen LogP contribution is 2.14. The number of rotatable bonds is 6. The van der Waals surface area contributed by atoms with Gasteiger partial charge in [-0.25, -0.2) is 4.68 Å². The summed E-state index contributed by atoms with van der Waals surface area (Å²) in [5.41, 5.74) is 1.00. The molecule has 0 saturated carbocycles. The minimum atomic E-state index is -1.35. The van der Waals surface area contributed by atoms with E-state index in [1.807, 2.05) is 13.8 Å². The first-order chi connectivity index (χ1) is 11.0. The van der Waals surface area contributed by atoms with Gasteiger partial charge >= 0.3 is 0 Å². The number of benzene rings is 1. The van der Waals surface area contributed by atoms with E-state index in [-0.39, 0.29) is 5.92 Å². The maximum atomic E-state index is 12.5. The summed E-state index contributed by atoms with van der Waals surface area (Å²) in [7, 11) is 0. The Morgan fingerprint density at radius 1 is 1.35 bits per heavy atom. The molecule has 0 spiro atoms. The van der Waals surface area contributed by atoms with Gasteiger partial charge in [-0.3, -0.25) is 9.59 Å². The number of hydrogen-bond donors (Lipinski definition) is 1. The molecule has 1 heterocycles. The largest absolute Gasteiger partial charge is 0.354 e. The maximum absolute atomic E-state index is 12.5. The van der Waals surface area contributed by atoms with E-state index in [9.17, 15) is 14.9 Å². The quantitative estimate of drug-likeness (QED) is 0.652. The van der Waals surface area contributed by atoms with Crippen LogP contribution in [0.5, 0.6) is 0 Å². The first-order valence-electron chi connectivity index (χ1n) is 7.34. The van der Waals surface area contributed by atoms with Crippen LogP contribution in [0.25, 0.3) is 5.69 Å². The minimum Gasteiger partial charge on any atom is -0.354 e. The van der Waals surface area contributed by atoms with Gasteiger partial charge in [0.2, 0.25) is 5.91 Å². The maximum Gasteiger partial charge on any atom is 0.245 e. The molecule has 2 rings (SSSR count). The number of ketones is 1. The zero-order chi connectivity index (χ0) is 16.8. The molecule has 1 N–H and O–H groups in total. The van der Waals surface area contributed by atoms with Crippen LogP contribution in [0.4, 0.5) is 0 Å². The highest BCUT2D eigenvalue weighted by atomic mass is 16.2. The van der Waals surface area contributed by atoms with Crippen molar-refractivity contribution in [2.24, 2.45) is 11.8 Å². The van der Waals surface area contributed by atoms with Crippen molar-refractivity contribution in [2.75, 3.05) is 6.54 Å². The first kappa shape index (κ1) is 16.4. The van der Waals surface area contributed by atoms with Crippen molar-refractivity contribution in [3.63, 3.8) is 0 Å². The molecule has 1 unspecified atom stereocenters. The number of hydrogen-bond acceptors (Lipinski definition) is 4. The van der Waals surface area contributed by atoms with E-state index in [1.54, 1.807) is 53.5 Å². The lowest BCUT2D eigenvalue weighted by Gasteiger charge is -2.12. The van der Waals surface area contributed by atoms with Crippen molar-refractivity contribution in [1.29, 1.82) is 5.26 Å². The van der Waals surface area contributed by atoms with Crippen molar-refractivity contribution in [3.8, 4) is 11.8 Å². The number of aromatic nitrogens is 2. The van der Waals surface area contributed by atoms with Crippen LogP contribution >= 0.6 is 0 Å². The van der Waals surface area contributed by atoms with Gasteiger partial charge in [0.05, 0.1) is 11.8 Å². The summed E-state index contributed by atoms with van der Waals surface area (Å²) in [4.78, 5) is 24.5. The van der Waals surface area contributed by atoms with Gasteiger partial charge in [-0.1, -0.05) is 26.0 Å². The molecule has 0 aliphatic carbocycles. The Morgan fingerprint density at radius 2 is 2.13 bits per heavy atom. The van der Waals surface area contributed by atoms with Crippen LogP contribution in [0.2, 0.25) is 0 Å². The fourth-order valence-corrected chi connectivity index (χ4v) is 2.03. The van der Waals surface area contributed by atoms with E-state index in [1.165, 1.54) is 0 Å². The zero-order valence-electron chi connectivity index (χ0n) is 13.1. The Balaban J connectivity index is 2.20. The SMILES string of the molecule is CC(C)CNC(=O)C(C#N)C(=O)c1cccc(-n2cccn2)c1. The van der Waals surface area contributed by atoms with E-state index in [0.717, 1.165) is 0 Å². The number of nitriles is 1. The molecule has 2 aromatic rings. The molecule has 6 nitrogen and oxygen atoms in total. The molecule has 0 aliphatic heterocycles. The van der Waals surface area contributed by atoms with Crippen LogP contribution in [-0.2, 0) is 4.79 Å². The van der Waals surface area contributed by atoms with Gasteiger partial charge in [0.15, 0.2) is 11.7 Å². The van der Waals surface area contributed by atoms with Gasteiger partial charge in [0.25, 0.3) is 0 Å². The molecule has 0 aliphatic rings. The Bertz CT molecular complexity index is 729. The molecular formula is C17H18N4O2. The summed E-state index contributed by atoms with van der Waals surface area (Å²) >= 11 is 0. The average molecular weight is 310 g/mol. The molecule has 1 atom stereocenters. The van der Waals surface area contributed by atoms with E-state index >= 15 is 0 Å². The Hall–Kier alpha value is -2.94. The molecule has 0 radical (unpaired) electrons. The van der Waals surface area contributed by atoms with Crippen LogP contribution in [0.15, 0.2) is 42.7 Å². The summed E-state index contributed by atoms with van der Waals surface area (Å²) in [5.74, 6) is -2.17. The highest BCUT2D eigenvalue weighted by Gasteiger charge is 2.27. The van der Waals surface area contributed by atoms with Crippen molar-refractivity contribution in [2.45, 2.75) is 13.8 Å². The lowest BCUT2D eigenvalue weighted by atomic mass is 9.97. The van der Waals surface area contributed by atoms with E-state index in [2.05, 4.69) is 10.4 Å². The van der Waals surface area contributed by atoms with Gasteiger partial charge in [-0.05, 0) is 24.1 Å². The Kier molecular flexibility index (Phi) is 5.26. The summed E-state index contributed by atoms with van der Waals surface area (Å²) in [6, 6.07) is 10.3. The van der Waals surface area contributed by atoms with Crippen LogP contribution in [0.1, 0.15) is 24.2 Å². The van der Waals surface area contributed by atoms with Crippen molar-refractivity contribution in [1.82, 2.24) is 15.1 Å². The van der Waals surface area contributed by atoms with Gasteiger partial charge in [-0.2, -0.15) is 10.4 Å². The average Bonchev–Trinajstić information content (AvgIpc) is 3.08. The van der Waals surface area contributed by atoms with Gasteiger partial charge in [-0.15, -0.1) is 0 Å². The van der Waals surface area contributed by atoms with Crippen LogP contribution in [-0.4, -0.2) is 28.0 Å². The Labute approximate surface area is 134 Å². The van der Waals surface area contributed by atoms with E-state index in [4.69, 9.17) is 0 Å². The number of nitrogens with one attached hydrogen (secondary N) is 1. The fourth-order valence-electron chi connectivity index (χ4n) is 2.03. The van der Waals surface area contributed by atoms with E-state index in [0.29, 0.717) is 17.8 Å². The zero-order valence-corrected chi connectivity index (χ0v) is 13.1. The van der Waals surface area contributed by atoms with Gasteiger partial charge < -0.3 is 5.32 Å². The molecule has 1 aromatic carbocycles. The molecule has 0 bridgehead atoms. The third-order valence-electron chi connectivity index (χ3n) is 3.24. The molecule has 1 aromatic heterocycles. The molecule has 1 amide bonds. The van der Waals surface area contributed by atoms with Crippen molar-refractivity contribution in [3.05, 3.63) is 48.3 Å². The fraction of sp³-hybridized carbons (Fsp3) is 0.294. The lowest BCUT2D eigenvalue weighted by Crippen LogP contribution is -2.36. The lowest BCUT2D eigenvalue weighted by molar-refractivity contribution is -0.122. The third-order valence-corrected chi connectivity index (χ3v) is 3.24. The summed E-state index contributed by atoms with van der Waals surface area (Å²) in [6.07, 6.45) is 3.38. The van der Waals surface area contributed by atoms with Crippen molar-refractivity contribution < 1.29 is 9.59 Å². The van der Waals surface area contributed by atoms with Gasteiger partial charge in [0.1, 0.15) is 0 Å². The molecular weight excluding hydrogens is 292 g/mol. The first-order valence-corrected chi connectivity index (χ1v) is 7.34. The molecule has 0 saturated heterocycles. The number of Topliss-reactive ketones (excluding diaryl/α,β-unsaturated/α-hetero) is 1. The second-order valence-electron chi connectivity index (χ2n) is 5.57. The van der Waals surface area contributed by atoms with Crippen molar-refractivity contribution >= 4 is 11.7 Å². The summed E-state index contributed by atoms with van der Waals surface area (Å²) in [5, 5.41) is 15.9. The normalized spacial score (nSPS) is 11.7. The van der Waals surface area contributed by atoms with Gasteiger partial charge in [0, 0.05) is 24.5 Å². The number of carbonyl (C=O) groups excluding carboxylic acids is 2. The second kappa shape index (κ2) is 7.36. The smallest absolute Gasteiger partial charge is 0.245 e. The number of amides is 1. The van der Waals surface area contributed by atoms with Crippen LogP contribution < -0.4 is 5.32 Å². The van der Waals surface area contributed by atoms with E-state index < -0.39 is 17.6 Å². The molecule has 0 fully saturated rings. The summed E-state index contributed by atoms with van der Waals surface area (Å²) < 4.78 is 1.61. The second-order valence-corrected chi connectivity index (χ2v) is 5.57.